The summed E-state index contributed by atoms with van der Waals surface area (Å²) in [6.45, 7) is 1.96. The molecule has 39 heavy (non-hydrogen) atoms. The minimum atomic E-state index is -3.62. The van der Waals surface area contributed by atoms with E-state index in [0.29, 0.717) is 17.2 Å². The molecule has 1 fully saturated rings. The smallest absolute Gasteiger partial charge is 0.229 e. The first kappa shape index (κ1) is 25.1. The second-order valence-corrected chi connectivity index (χ2v) is 11.4. The standard InChI is InChI=1S/C27H25F2N7O2S/c1-39(37,38)34-22-9-18(8-19(10-22)27-25(29)11-21(28)13-31-27)24-14-33-36-15-17(2-3-26(24)36)20-12-32-35(16-20)23-4-6-30-7-5-23/h2-3,8-16,23,30,34H,4-7H2,1H3. The molecule has 0 amide bonds. The third-order valence-corrected chi connectivity index (χ3v) is 7.37. The molecule has 0 spiro atoms. The summed E-state index contributed by atoms with van der Waals surface area (Å²) < 4.78 is 58.2. The molecule has 2 N–H and O–H groups in total. The Morgan fingerprint density at radius 3 is 2.49 bits per heavy atom. The first-order valence-corrected chi connectivity index (χ1v) is 14.3. The van der Waals surface area contributed by atoms with Crippen molar-refractivity contribution in [3.8, 4) is 33.5 Å². The van der Waals surface area contributed by atoms with Crippen LogP contribution in [0.4, 0.5) is 14.5 Å². The topological polar surface area (TPSA) is 106 Å². The molecule has 5 aromatic rings. The maximum Gasteiger partial charge on any atom is 0.229 e. The van der Waals surface area contributed by atoms with Gasteiger partial charge >= 0.3 is 0 Å². The number of pyridine rings is 2. The number of fused-ring (bicyclic) bond motifs is 1. The quantitative estimate of drug-likeness (QED) is 0.323. The monoisotopic (exact) mass is 549 g/mol. The third kappa shape index (κ3) is 5.25. The minimum absolute atomic E-state index is 0.0979. The predicted octanol–water partition coefficient (Wildman–Crippen LogP) is 4.50. The maximum atomic E-state index is 14.6. The Bertz CT molecular complexity index is 1790. The zero-order valence-electron chi connectivity index (χ0n) is 21.0. The Kier molecular flexibility index (Phi) is 6.35. The number of hydrogen-bond donors (Lipinski definition) is 2. The average Bonchev–Trinajstić information content (AvgIpc) is 3.55. The second kappa shape index (κ2) is 9.86. The lowest BCUT2D eigenvalue weighted by atomic mass is 10.0. The minimum Gasteiger partial charge on any atom is -0.317 e. The third-order valence-electron chi connectivity index (χ3n) is 6.76. The van der Waals surface area contributed by atoms with E-state index in [9.17, 15) is 17.2 Å². The van der Waals surface area contributed by atoms with Crippen LogP contribution in [0.3, 0.4) is 0 Å². The maximum absolute atomic E-state index is 14.6. The fraction of sp³-hybridized carbons (Fsp3) is 0.222. The molecular formula is C27H25F2N7O2S. The van der Waals surface area contributed by atoms with Crippen molar-refractivity contribution in [1.29, 1.82) is 0 Å². The Morgan fingerprint density at radius 2 is 1.72 bits per heavy atom. The van der Waals surface area contributed by atoms with Crippen molar-refractivity contribution in [2.24, 2.45) is 0 Å². The molecule has 1 aliphatic heterocycles. The van der Waals surface area contributed by atoms with Gasteiger partial charge in [0.15, 0.2) is 5.82 Å². The summed E-state index contributed by atoms with van der Waals surface area (Å²) in [6.07, 6.45) is 11.5. The summed E-state index contributed by atoms with van der Waals surface area (Å²) >= 11 is 0. The Morgan fingerprint density at radius 1 is 0.923 bits per heavy atom. The van der Waals surface area contributed by atoms with Gasteiger partial charge in [0.1, 0.15) is 11.5 Å². The van der Waals surface area contributed by atoms with E-state index >= 15 is 0 Å². The Balaban J connectivity index is 1.39. The molecule has 12 heteroatoms. The fourth-order valence-electron chi connectivity index (χ4n) is 4.96. The van der Waals surface area contributed by atoms with Crippen molar-refractivity contribution >= 4 is 21.2 Å². The Hall–Kier alpha value is -4.16. The highest BCUT2D eigenvalue weighted by molar-refractivity contribution is 7.92. The molecule has 1 aromatic carbocycles. The molecule has 4 aromatic heterocycles. The van der Waals surface area contributed by atoms with Crippen molar-refractivity contribution in [3.63, 3.8) is 0 Å². The SMILES string of the molecule is CS(=O)(=O)Nc1cc(-c2ncc(F)cc2F)cc(-c2cnn3cc(-c4cnn(C5CCNCC5)c4)ccc23)c1. The van der Waals surface area contributed by atoms with Crippen LogP contribution in [-0.4, -0.2) is 52.1 Å². The average molecular weight is 550 g/mol. The van der Waals surface area contributed by atoms with Crippen LogP contribution >= 0.6 is 0 Å². The number of sulfonamides is 1. The van der Waals surface area contributed by atoms with Gasteiger partial charge in [-0.3, -0.25) is 14.4 Å². The van der Waals surface area contributed by atoms with Gasteiger partial charge in [0.2, 0.25) is 10.0 Å². The number of anilines is 1. The summed E-state index contributed by atoms with van der Waals surface area (Å²) in [5.74, 6) is -1.66. The van der Waals surface area contributed by atoms with Gasteiger partial charge < -0.3 is 5.32 Å². The normalized spacial score (nSPS) is 14.6. The number of nitrogens with zero attached hydrogens (tertiary/aromatic N) is 5. The molecule has 0 aliphatic carbocycles. The van der Waals surface area contributed by atoms with Gasteiger partial charge in [-0.2, -0.15) is 10.2 Å². The number of piperidine rings is 1. The van der Waals surface area contributed by atoms with Crippen molar-refractivity contribution in [2.45, 2.75) is 18.9 Å². The van der Waals surface area contributed by atoms with E-state index in [1.807, 2.05) is 29.2 Å². The molecule has 0 atom stereocenters. The van der Waals surface area contributed by atoms with Crippen LogP contribution in [0.15, 0.2) is 67.4 Å². The summed E-state index contributed by atoms with van der Waals surface area (Å²) in [6, 6.07) is 9.78. The number of rotatable bonds is 6. The van der Waals surface area contributed by atoms with Crippen molar-refractivity contribution < 1.29 is 17.2 Å². The molecule has 0 radical (unpaired) electrons. The van der Waals surface area contributed by atoms with E-state index in [4.69, 9.17) is 0 Å². The molecule has 0 unspecified atom stereocenters. The van der Waals surface area contributed by atoms with Crippen LogP contribution in [0.2, 0.25) is 0 Å². The summed E-state index contributed by atoms with van der Waals surface area (Å²) in [5.41, 5.74) is 4.39. The molecule has 5 heterocycles. The number of benzene rings is 1. The van der Waals surface area contributed by atoms with Crippen LogP contribution in [0, 0.1) is 11.6 Å². The lowest BCUT2D eigenvalue weighted by Gasteiger charge is -2.22. The summed E-state index contributed by atoms with van der Waals surface area (Å²) in [4.78, 5) is 3.89. The van der Waals surface area contributed by atoms with E-state index in [2.05, 4.69) is 31.4 Å². The first-order chi connectivity index (χ1) is 18.7. The van der Waals surface area contributed by atoms with Gasteiger partial charge in [-0.1, -0.05) is 6.07 Å². The Labute approximate surface area is 223 Å². The van der Waals surface area contributed by atoms with Crippen molar-refractivity contribution in [2.75, 3.05) is 24.1 Å². The van der Waals surface area contributed by atoms with Gasteiger partial charge in [0.25, 0.3) is 0 Å². The van der Waals surface area contributed by atoms with Crippen LogP contribution in [0.1, 0.15) is 18.9 Å². The fourth-order valence-corrected chi connectivity index (χ4v) is 5.50. The summed E-state index contributed by atoms with van der Waals surface area (Å²) in [7, 11) is -3.62. The van der Waals surface area contributed by atoms with Gasteiger partial charge in [0, 0.05) is 46.4 Å². The molecule has 0 bridgehead atoms. The van der Waals surface area contributed by atoms with E-state index < -0.39 is 21.7 Å². The second-order valence-electron chi connectivity index (χ2n) is 9.65. The van der Waals surface area contributed by atoms with E-state index in [1.54, 1.807) is 22.8 Å². The predicted molar refractivity (Wildman–Crippen MR) is 145 cm³/mol. The summed E-state index contributed by atoms with van der Waals surface area (Å²) in [5, 5.41) is 12.5. The number of nitrogens with one attached hydrogen (secondary N) is 2. The van der Waals surface area contributed by atoms with Gasteiger partial charge in [-0.25, -0.2) is 21.7 Å². The van der Waals surface area contributed by atoms with Crippen LogP contribution in [-0.2, 0) is 10.0 Å². The van der Waals surface area contributed by atoms with E-state index in [0.717, 1.165) is 61.1 Å². The highest BCUT2D eigenvalue weighted by Gasteiger charge is 2.18. The lowest BCUT2D eigenvalue weighted by molar-refractivity contribution is 0.343. The lowest BCUT2D eigenvalue weighted by Crippen LogP contribution is -2.29. The largest absolute Gasteiger partial charge is 0.317 e. The molecular weight excluding hydrogens is 524 g/mol. The molecule has 0 saturated carbocycles. The highest BCUT2D eigenvalue weighted by Crippen LogP contribution is 2.34. The zero-order valence-corrected chi connectivity index (χ0v) is 21.8. The molecule has 6 rings (SSSR count). The molecule has 9 nitrogen and oxygen atoms in total. The van der Waals surface area contributed by atoms with Gasteiger partial charge in [0.05, 0.1) is 36.4 Å². The molecule has 200 valence electrons. The number of hydrogen-bond acceptors (Lipinski definition) is 6. The number of aromatic nitrogens is 5. The van der Waals surface area contributed by atoms with Crippen LogP contribution in [0.25, 0.3) is 39.0 Å². The zero-order chi connectivity index (χ0) is 27.1. The van der Waals surface area contributed by atoms with Crippen molar-refractivity contribution in [1.82, 2.24) is 29.7 Å². The van der Waals surface area contributed by atoms with Crippen molar-refractivity contribution in [3.05, 3.63) is 79.0 Å². The highest BCUT2D eigenvalue weighted by atomic mass is 32.2. The molecule has 1 saturated heterocycles. The van der Waals surface area contributed by atoms with E-state index in [1.165, 1.54) is 6.07 Å². The van der Waals surface area contributed by atoms with Gasteiger partial charge in [-0.15, -0.1) is 0 Å². The van der Waals surface area contributed by atoms with Gasteiger partial charge in [-0.05, 0) is 55.8 Å². The van der Waals surface area contributed by atoms with E-state index in [-0.39, 0.29) is 16.9 Å². The molecule has 1 aliphatic rings. The van der Waals surface area contributed by atoms with Crippen LogP contribution < -0.4 is 10.0 Å². The first-order valence-electron chi connectivity index (χ1n) is 12.4. The van der Waals surface area contributed by atoms with Crippen LogP contribution in [0.5, 0.6) is 0 Å². The number of halogens is 2.